The Kier molecular flexibility index (Phi) is 5.51. The van der Waals surface area contributed by atoms with Crippen LogP contribution in [0.25, 0.3) is 0 Å². The number of hydrogen-bond acceptors (Lipinski definition) is 3. The molecule has 1 amide bonds. The molecule has 1 aliphatic heterocycles. The van der Waals surface area contributed by atoms with Crippen LogP contribution in [0.15, 0.2) is 42.5 Å². The monoisotopic (exact) mass is 390 g/mol. The van der Waals surface area contributed by atoms with Crippen molar-refractivity contribution in [2.75, 3.05) is 17.5 Å². The minimum Gasteiger partial charge on any atom is -0.335 e. The molecule has 1 fully saturated rings. The fourth-order valence-electron chi connectivity index (χ4n) is 3.48. The lowest BCUT2D eigenvalue weighted by molar-refractivity contribution is 0.0736. The second-order valence-corrected chi connectivity index (χ2v) is 8.78. The number of amides is 1. The number of anilines is 1. The lowest BCUT2D eigenvalue weighted by Crippen LogP contribution is -2.36. The van der Waals surface area contributed by atoms with Gasteiger partial charge < -0.3 is 4.90 Å². The number of hydrogen-bond donors (Lipinski definition) is 1. The molecule has 144 valence electrons. The van der Waals surface area contributed by atoms with E-state index in [0.29, 0.717) is 24.2 Å². The number of aryl methyl sites for hydroxylation is 1. The molecule has 5 nitrogen and oxygen atoms in total. The van der Waals surface area contributed by atoms with E-state index in [4.69, 9.17) is 0 Å². The third kappa shape index (κ3) is 4.86. The van der Waals surface area contributed by atoms with Gasteiger partial charge in [0, 0.05) is 18.2 Å². The van der Waals surface area contributed by atoms with Gasteiger partial charge in [-0.25, -0.2) is 12.8 Å². The third-order valence-electron chi connectivity index (χ3n) is 4.78. The first-order valence-electron chi connectivity index (χ1n) is 8.87. The van der Waals surface area contributed by atoms with Gasteiger partial charge in [-0.3, -0.25) is 9.52 Å². The summed E-state index contributed by atoms with van der Waals surface area (Å²) >= 11 is 0. The molecule has 1 unspecified atom stereocenters. The summed E-state index contributed by atoms with van der Waals surface area (Å²) in [6, 6.07) is 11.5. The zero-order chi connectivity index (χ0) is 19.6. The highest BCUT2D eigenvalue weighted by atomic mass is 32.2. The van der Waals surface area contributed by atoms with E-state index in [0.717, 1.165) is 30.2 Å². The Balaban J connectivity index is 1.81. The standard InChI is InChI=1S/C20H23FN2O3S/c1-14-8-9-16(13-19(14)22-27(2,25)26)20(24)23-10-4-7-18(23)12-15-5-3-6-17(21)11-15/h3,5-6,8-9,11,13,18,22H,4,7,10,12H2,1-2H3. The largest absolute Gasteiger partial charge is 0.335 e. The number of sulfonamides is 1. The zero-order valence-electron chi connectivity index (χ0n) is 15.4. The SMILES string of the molecule is Cc1ccc(C(=O)N2CCCC2Cc2cccc(F)c2)cc1NS(C)(=O)=O. The van der Waals surface area contributed by atoms with E-state index in [-0.39, 0.29) is 17.8 Å². The normalized spacial score (nSPS) is 17.1. The van der Waals surface area contributed by atoms with Crippen molar-refractivity contribution < 1.29 is 17.6 Å². The molecule has 1 aliphatic rings. The predicted octanol–water partition coefficient (Wildman–Crippen LogP) is 3.35. The molecule has 0 aliphatic carbocycles. The first-order valence-corrected chi connectivity index (χ1v) is 10.8. The molecule has 1 heterocycles. The molecule has 1 atom stereocenters. The first kappa shape index (κ1) is 19.4. The average molecular weight is 390 g/mol. The number of benzene rings is 2. The van der Waals surface area contributed by atoms with Crippen molar-refractivity contribution in [1.29, 1.82) is 0 Å². The minimum atomic E-state index is -3.43. The van der Waals surface area contributed by atoms with Crippen LogP contribution in [0.3, 0.4) is 0 Å². The van der Waals surface area contributed by atoms with E-state index in [1.165, 1.54) is 12.1 Å². The number of nitrogens with one attached hydrogen (secondary N) is 1. The van der Waals surface area contributed by atoms with Crippen LogP contribution in [-0.2, 0) is 16.4 Å². The smallest absolute Gasteiger partial charge is 0.254 e. The number of likely N-dealkylation sites (tertiary alicyclic amines) is 1. The van der Waals surface area contributed by atoms with Crippen molar-refractivity contribution in [2.24, 2.45) is 0 Å². The molecule has 1 N–H and O–H groups in total. The second-order valence-electron chi connectivity index (χ2n) is 7.03. The summed E-state index contributed by atoms with van der Waals surface area (Å²) < 4.78 is 39.0. The summed E-state index contributed by atoms with van der Waals surface area (Å²) in [5, 5.41) is 0. The lowest BCUT2D eigenvalue weighted by Gasteiger charge is -2.25. The molecule has 2 aromatic rings. The number of nitrogens with zero attached hydrogens (tertiary/aromatic N) is 1. The molecule has 1 saturated heterocycles. The molecule has 0 aromatic heterocycles. The van der Waals surface area contributed by atoms with Crippen LogP contribution in [0.4, 0.5) is 10.1 Å². The molecule has 7 heteroatoms. The molecule has 2 aromatic carbocycles. The van der Waals surface area contributed by atoms with E-state index >= 15 is 0 Å². The fourth-order valence-corrected chi connectivity index (χ4v) is 4.10. The quantitative estimate of drug-likeness (QED) is 0.851. The van der Waals surface area contributed by atoms with Gasteiger partial charge >= 0.3 is 0 Å². The van der Waals surface area contributed by atoms with Gasteiger partial charge in [-0.15, -0.1) is 0 Å². The van der Waals surface area contributed by atoms with Crippen molar-refractivity contribution in [1.82, 2.24) is 4.90 Å². The Bertz CT molecular complexity index is 959. The maximum atomic E-state index is 13.4. The van der Waals surface area contributed by atoms with Crippen LogP contribution >= 0.6 is 0 Å². The molecule has 0 bridgehead atoms. The number of halogens is 1. The van der Waals surface area contributed by atoms with Gasteiger partial charge in [0.25, 0.3) is 5.91 Å². The van der Waals surface area contributed by atoms with Gasteiger partial charge in [-0.1, -0.05) is 18.2 Å². The molecule has 0 spiro atoms. The number of rotatable bonds is 5. The van der Waals surface area contributed by atoms with Crippen LogP contribution in [0, 0.1) is 12.7 Å². The Morgan fingerprint density at radius 3 is 2.74 bits per heavy atom. The Labute approximate surface area is 159 Å². The molecular formula is C20H23FN2O3S. The van der Waals surface area contributed by atoms with Crippen molar-refractivity contribution >= 4 is 21.6 Å². The van der Waals surface area contributed by atoms with Gasteiger partial charge in [0.2, 0.25) is 10.0 Å². The molecular weight excluding hydrogens is 367 g/mol. The van der Waals surface area contributed by atoms with Gasteiger partial charge in [-0.2, -0.15) is 0 Å². The van der Waals surface area contributed by atoms with Gasteiger partial charge in [0.05, 0.1) is 11.9 Å². The van der Waals surface area contributed by atoms with E-state index < -0.39 is 10.0 Å². The van der Waals surface area contributed by atoms with Crippen LogP contribution < -0.4 is 4.72 Å². The first-order chi connectivity index (χ1) is 12.7. The Morgan fingerprint density at radius 2 is 2.04 bits per heavy atom. The fraction of sp³-hybridized carbons (Fsp3) is 0.350. The number of carbonyl (C=O) groups excluding carboxylic acids is 1. The highest BCUT2D eigenvalue weighted by Gasteiger charge is 2.29. The lowest BCUT2D eigenvalue weighted by atomic mass is 10.0. The van der Waals surface area contributed by atoms with Crippen molar-refractivity contribution in [3.8, 4) is 0 Å². The van der Waals surface area contributed by atoms with Crippen LogP contribution in [0.1, 0.15) is 34.3 Å². The summed E-state index contributed by atoms with van der Waals surface area (Å²) in [6.45, 7) is 2.42. The van der Waals surface area contributed by atoms with E-state index in [1.807, 2.05) is 6.07 Å². The second kappa shape index (κ2) is 7.68. The molecule has 3 rings (SSSR count). The molecule has 27 heavy (non-hydrogen) atoms. The van der Waals surface area contributed by atoms with Gasteiger partial charge in [0.15, 0.2) is 0 Å². The predicted molar refractivity (Wildman–Crippen MR) is 104 cm³/mol. The zero-order valence-corrected chi connectivity index (χ0v) is 16.2. The topological polar surface area (TPSA) is 66.5 Å². The maximum Gasteiger partial charge on any atom is 0.254 e. The van der Waals surface area contributed by atoms with Gasteiger partial charge in [0.1, 0.15) is 5.82 Å². The van der Waals surface area contributed by atoms with Crippen LogP contribution in [0.2, 0.25) is 0 Å². The highest BCUT2D eigenvalue weighted by molar-refractivity contribution is 7.92. The van der Waals surface area contributed by atoms with Crippen LogP contribution in [-0.4, -0.2) is 38.1 Å². The highest BCUT2D eigenvalue weighted by Crippen LogP contribution is 2.26. The summed E-state index contributed by atoms with van der Waals surface area (Å²) in [5.41, 5.74) is 2.46. The summed E-state index contributed by atoms with van der Waals surface area (Å²) in [7, 11) is -3.43. The summed E-state index contributed by atoms with van der Waals surface area (Å²) in [4.78, 5) is 14.8. The van der Waals surface area contributed by atoms with E-state index in [2.05, 4.69) is 4.72 Å². The van der Waals surface area contributed by atoms with Crippen molar-refractivity contribution in [3.05, 3.63) is 65.0 Å². The Hall–Kier alpha value is -2.41. The molecule has 0 radical (unpaired) electrons. The Morgan fingerprint density at radius 1 is 1.26 bits per heavy atom. The minimum absolute atomic E-state index is 0.00641. The summed E-state index contributed by atoms with van der Waals surface area (Å²) in [6.07, 6.45) is 3.44. The van der Waals surface area contributed by atoms with Crippen LogP contribution in [0.5, 0.6) is 0 Å². The van der Waals surface area contributed by atoms with E-state index in [9.17, 15) is 17.6 Å². The maximum absolute atomic E-state index is 13.4. The van der Waals surface area contributed by atoms with Crippen molar-refractivity contribution in [3.63, 3.8) is 0 Å². The number of carbonyl (C=O) groups is 1. The summed E-state index contributed by atoms with van der Waals surface area (Å²) in [5.74, 6) is -0.413. The van der Waals surface area contributed by atoms with Gasteiger partial charge in [-0.05, 0) is 61.6 Å². The van der Waals surface area contributed by atoms with Crippen molar-refractivity contribution in [2.45, 2.75) is 32.2 Å². The van der Waals surface area contributed by atoms with E-state index in [1.54, 1.807) is 36.1 Å². The molecule has 0 saturated carbocycles. The average Bonchev–Trinajstić information content (AvgIpc) is 3.03. The third-order valence-corrected chi connectivity index (χ3v) is 5.37.